The van der Waals surface area contributed by atoms with Gasteiger partial charge < -0.3 is 0 Å². The normalized spacial score (nSPS) is 10.3. The second kappa shape index (κ2) is 6.03. The predicted octanol–water partition coefficient (Wildman–Crippen LogP) is 4.58. The molecule has 0 aliphatic heterocycles. The molecule has 0 spiro atoms. The zero-order valence-electron chi connectivity index (χ0n) is 9.40. The third-order valence-corrected chi connectivity index (χ3v) is 3.78. The SMILES string of the molecule is O=Cc1ccc(SCc2ccc(F)c(Cl)c2)cc1. The Labute approximate surface area is 114 Å². The molecule has 1 nitrogen and oxygen atoms in total. The van der Waals surface area contributed by atoms with Crippen LogP contribution in [-0.2, 0) is 5.75 Å². The summed E-state index contributed by atoms with van der Waals surface area (Å²) in [5, 5.41) is 0.143. The number of rotatable bonds is 4. The minimum atomic E-state index is -0.402. The summed E-state index contributed by atoms with van der Waals surface area (Å²) in [6, 6.07) is 12.0. The van der Waals surface area contributed by atoms with Crippen molar-refractivity contribution in [2.45, 2.75) is 10.6 Å². The Morgan fingerprint density at radius 3 is 2.50 bits per heavy atom. The summed E-state index contributed by atoms with van der Waals surface area (Å²) in [6.45, 7) is 0. The van der Waals surface area contributed by atoms with Crippen LogP contribution in [-0.4, -0.2) is 6.29 Å². The lowest BCUT2D eigenvalue weighted by Gasteiger charge is -2.03. The fourth-order valence-electron chi connectivity index (χ4n) is 1.44. The van der Waals surface area contributed by atoms with Gasteiger partial charge in [-0.2, -0.15) is 0 Å². The first-order valence-corrected chi connectivity index (χ1v) is 6.67. The van der Waals surface area contributed by atoms with E-state index in [1.165, 1.54) is 6.07 Å². The Bertz CT molecular complexity index is 554. The van der Waals surface area contributed by atoms with Gasteiger partial charge in [-0.05, 0) is 29.8 Å². The van der Waals surface area contributed by atoms with Gasteiger partial charge in [0.1, 0.15) is 12.1 Å². The van der Waals surface area contributed by atoms with Crippen LogP contribution in [0.25, 0.3) is 0 Å². The number of thioether (sulfide) groups is 1. The van der Waals surface area contributed by atoms with Crippen molar-refractivity contribution >= 4 is 29.6 Å². The highest BCUT2D eigenvalue weighted by Gasteiger charge is 2.02. The van der Waals surface area contributed by atoms with Crippen LogP contribution in [0.1, 0.15) is 15.9 Å². The summed E-state index contributed by atoms with van der Waals surface area (Å²) in [4.78, 5) is 11.6. The van der Waals surface area contributed by atoms with Crippen LogP contribution in [0.5, 0.6) is 0 Å². The molecule has 0 amide bonds. The molecule has 0 aromatic heterocycles. The van der Waals surface area contributed by atoms with E-state index in [2.05, 4.69) is 0 Å². The lowest BCUT2D eigenvalue weighted by molar-refractivity contribution is 0.112. The Morgan fingerprint density at radius 2 is 1.89 bits per heavy atom. The summed E-state index contributed by atoms with van der Waals surface area (Å²) < 4.78 is 13.0. The first-order valence-electron chi connectivity index (χ1n) is 5.31. The summed E-state index contributed by atoms with van der Waals surface area (Å²) in [5.41, 5.74) is 1.62. The summed E-state index contributed by atoms with van der Waals surface area (Å²) in [5.74, 6) is 0.307. The predicted molar refractivity (Wildman–Crippen MR) is 72.8 cm³/mol. The van der Waals surface area contributed by atoms with Crippen LogP contribution >= 0.6 is 23.4 Å². The molecule has 0 atom stereocenters. The molecule has 2 rings (SSSR count). The maximum Gasteiger partial charge on any atom is 0.150 e. The number of carbonyl (C=O) groups excluding carboxylic acids is 1. The third-order valence-electron chi connectivity index (χ3n) is 2.41. The molecule has 0 heterocycles. The van der Waals surface area contributed by atoms with Gasteiger partial charge in [-0.1, -0.05) is 29.8 Å². The summed E-state index contributed by atoms with van der Waals surface area (Å²) >= 11 is 7.32. The van der Waals surface area contributed by atoms with Crippen molar-refractivity contribution in [3.05, 3.63) is 64.4 Å². The maximum atomic E-state index is 13.0. The van der Waals surface area contributed by atoms with E-state index in [9.17, 15) is 9.18 Å². The van der Waals surface area contributed by atoms with Gasteiger partial charge in [0.2, 0.25) is 0 Å². The van der Waals surface area contributed by atoms with Crippen molar-refractivity contribution in [1.82, 2.24) is 0 Å². The number of hydrogen-bond acceptors (Lipinski definition) is 2. The van der Waals surface area contributed by atoms with Crippen molar-refractivity contribution in [3.63, 3.8) is 0 Å². The van der Waals surface area contributed by atoms with Gasteiger partial charge in [-0.15, -0.1) is 11.8 Å². The van der Waals surface area contributed by atoms with Gasteiger partial charge >= 0.3 is 0 Å². The molecule has 0 radical (unpaired) electrons. The van der Waals surface area contributed by atoms with E-state index in [1.54, 1.807) is 36.0 Å². The minimum Gasteiger partial charge on any atom is -0.298 e. The number of benzene rings is 2. The molecule has 0 saturated carbocycles. The van der Waals surface area contributed by atoms with Crippen LogP contribution in [0, 0.1) is 5.82 Å². The molecule has 2 aromatic rings. The Balaban J connectivity index is 2.01. The summed E-state index contributed by atoms with van der Waals surface area (Å²) in [7, 11) is 0. The standard InChI is InChI=1S/C14H10ClFOS/c15-13-7-11(3-6-14(13)16)9-18-12-4-1-10(8-17)2-5-12/h1-8H,9H2. The molecular formula is C14H10ClFOS. The summed E-state index contributed by atoms with van der Waals surface area (Å²) in [6.07, 6.45) is 0.814. The average Bonchev–Trinajstić information content (AvgIpc) is 2.41. The monoisotopic (exact) mass is 280 g/mol. The molecule has 0 aliphatic rings. The van der Waals surface area contributed by atoms with Crippen molar-refractivity contribution < 1.29 is 9.18 Å². The van der Waals surface area contributed by atoms with Crippen molar-refractivity contribution in [1.29, 1.82) is 0 Å². The van der Waals surface area contributed by atoms with E-state index in [0.717, 1.165) is 16.7 Å². The average molecular weight is 281 g/mol. The third kappa shape index (κ3) is 3.34. The Hall–Kier alpha value is -1.32. The fraction of sp³-hybridized carbons (Fsp3) is 0.0714. The topological polar surface area (TPSA) is 17.1 Å². The second-order valence-electron chi connectivity index (χ2n) is 3.72. The van der Waals surface area contributed by atoms with Gasteiger partial charge in [0.15, 0.2) is 0 Å². The van der Waals surface area contributed by atoms with Gasteiger partial charge in [-0.3, -0.25) is 4.79 Å². The molecule has 0 unspecified atom stereocenters. The number of aldehydes is 1. The quantitative estimate of drug-likeness (QED) is 0.602. The maximum absolute atomic E-state index is 13.0. The first kappa shape index (κ1) is 13.1. The van der Waals surface area contributed by atoms with Crippen LogP contribution in [0.15, 0.2) is 47.4 Å². The molecule has 0 bridgehead atoms. The second-order valence-corrected chi connectivity index (χ2v) is 5.18. The molecule has 0 aliphatic carbocycles. The number of halogens is 2. The molecule has 0 saturated heterocycles. The van der Waals surface area contributed by atoms with E-state index >= 15 is 0 Å². The lowest BCUT2D eigenvalue weighted by atomic mass is 10.2. The van der Waals surface area contributed by atoms with E-state index in [-0.39, 0.29) is 5.02 Å². The molecule has 0 N–H and O–H groups in total. The molecule has 18 heavy (non-hydrogen) atoms. The van der Waals surface area contributed by atoms with Crippen LogP contribution < -0.4 is 0 Å². The highest BCUT2D eigenvalue weighted by molar-refractivity contribution is 7.98. The largest absolute Gasteiger partial charge is 0.298 e. The van der Waals surface area contributed by atoms with Crippen molar-refractivity contribution in [2.24, 2.45) is 0 Å². The number of hydrogen-bond donors (Lipinski definition) is 0. The van der Waals surface area contributed by atoms with Crippen LogP contribution in [0.3, 0.4) is 0 Å². The van der Waals surface area contributed by atoms with Gasteiger partial charge in [0.25, 0.3) is 0 Å². The highest BCUT2D eigenvalue weighted by Crippen LogP contribution is 2.25. The fourth-order valence-corrected chi connectivity index (χ4v) is 2.48. The van der Waals surface area contributed by atoms with Gasteiger partial charge in [-0.25, -0.2) is 4.39 Å². The molecule has 2 aromatic carbocycles. The van der Waals surface area contributed by atoms with E-state index in [4.69, 9.17) is 11.6 Å². The van der Waals surface area contributed by atoms with Gasteiger partial charge in [0.05, 0.1) is 5.02 Å². The zero-order chi connectivity index (χ0) is 13.0. The number of carbonyl (C=O) groups is 1. The smallest absolute Gasteiger partial charge is 0.150 e. The Morgan fingerprint density at radius 1 is 1.17 bits per heavy atom. The molecule has 0 fully saturated rings. The first-order chi connectivity index (χ1) is 8.69. The van der Waals surface area contributed by atoms with Gasteiger partial charge in [0, 0.05) is 16.2 Å². The van der Waals surface area contributed by atoms with E-state index < -0.39 is 5.82 Å². The minimum absolute atomic E-state index is 0.143. The van der Waals surface area contributed by atoms with Crippen molar-refractivity contribution in [3.8, 4) is 0 Å². The van der Waals surface area contributed by atoms with E-state index in [1.807, 2.05) is 12.1 Å². The highest BCUT2D eigenvalue weighted by atomic mass is 35.5. The Kier molecular flexibility index (Phi) is 4.39. The lowest BCUT2D eigenvalue weighted by Crippen LogP contribution is -1.84. The molecule has 92 valence electrons. The van der Waals surface area contributed by atoms with Crippen LogP contribution in [0.2, 0.25) is 5.02 Å². The van der Waals surface area contributed by atoms with E-state index in [0.29, 0.717) is 11.3 Å². The molecular weight excluding hydrogens is 271 g/mol. The van der Waals surface area contributed by atoms with Crippen molar-refractivity contribution in [2.75, 3.05) is 0 Å². The van der Waals surface area contributed by atoms with Crippen LogP contribution in [0.4, 0.5) is 4.39 Å². The molecule has 4 heteroatoms. The zero-order valence-corrected chi connectivity index (χ0v) is 11.0.